The predicted molar refractivity (Wildman–Crippen MR) is 94.6 cm³/mol. The van der Waals surface area contributed by atoms with E-state index in [9.17, 15) is 9.59 Å². The van der Waals surface area contributed by atoms with Crippen molar-refractivity contribution in [1.82, 2.24) is 20.5 Å². The van der Waals surface area contributed by atoms with Crippen LogP contribution < -0.4 is 15.5 Å². The molecule has 0 spiro atoms. The Balaban J connectivity index is 1.37. The summed E-state index contributed by atoms with van der Waals surface area (Å²) in [6.45, 7) is 2.42. The molecule has 0 radical (unpaired) electrons. The number of anilines is 2. The Bertz CT molecular complexity index is 753. The molecule has 2 amide bonds. The SMILES string of the molecule is O=C(Nc1ncc(C2CCNCC2)s1)C1CC(=O)N(c2cn[nH]c2)C1. The van der Waals surface area contributed by atoms with Gasteiger partial charge in [0.25, 0.3) is 0 Å². The first-order chi connectivity index (χ1) is 12.2. The summed E-state index contributed by atoms with van der Waals surface area (Å²) in [7, 11) is 0. The van der Waals surface area contributed by atoms with E-state index in [-0.39, 0.29) is 24.2 Å². The van der Waals surface area contributed by atoms with Gasteiger partial charge >= 0.3 is 0 Å². The molecular formula is C16H20N6O2S. The van der Waals surface area contributed by atoms with Crippen LogP contribution in [0.3, 0.4) is 0 Å². The molecule has 0 saturated carbocycles. The van der Waals surface area contributed by atoms with Crippen molar-refractivity contribution in [3.8, 4) is 0 Å². The van der Waals surface area contributed by atoms with E-state index >= 15 is 0 Å². The second kappa shape index (κ2) is 6.93. The second-order valence-electron chi connectivity index (χ2n) is 6.44. The number of nitrogens with one attached hydrogen (secondary N) is 3. The van der Waals surface area contributed by atoms with Crippen molar-refractivity contribution in [2.75, 3.05) is 29.9 Å². The van der Waals surface area contributed by atoms with Crippen molar-refractivity contribution in [1.29, 1.82) is 0 Å². The van der Waals surface area contributed by atoms with Gasteiger partial charge in [-0.3, -0.25) is 14.7 Å². The lowest BCUT2D eigenvalue weighted by Crippen LogP contribution is -2.27. The molecule has 1 unspecified atom stereocenters. The van der Waals surface area contributed by atoms with Gasteiger partial charge in [0.05, 0.1) is 17.8 Å². The minimum Gasteiger partial charge on any atom is -0.317 e. The molecule has 0 aromatic carbocycles. The highest BCUT2D eigenvalue weighted by atomic mass is 32.1. The van der Waals surface area contributed by atoms with Gasteiger partial charge in [-0.25, -0.2) is 4.98 Å². The third-order valence-corrected chi connectivity index (χ3v) is 5.86. The Morgan fingerprint density at radius 1 is 1.32 bits per heavy atom. The van der Waals surface area contributed by atoms with Gasteiger partial charge in [-0.1, -0.05) is 0 Å². The molecule has 2 fully saturated rings. The Hall–Kier alpha value is -2.26. The highest BCUT2D eigenvalue weighted by Gasteiger charge is 2.35. The molecule has 2 aliphatic rings. The number of piperidine rings is 1. The van der Waals surface area contributed by atoms with Crippen LogP contribution in [0.25, 0.3) is 0 Å². The van der Waals surface area contributed by atoms with Crippen LogP contribution in [0.15, 0.2) is 18.6 Å². The Morgan fingerprint density at radius 3 is 2.92 bits per heavy atom. The predicted octanol–water partition coefficient (Wildman–Crippen LogP) is 1.32. The van der Waals surface area contributed by atoms with Crippen LogP contribution in [0.1, 0.15) is 30.1 Å². The molecular weight excluding hydrogens is 340 g/mol. The maximum absolute atomic E-state index is 12.5. The first kappa shape index (κ1) is 16.2. The fourth-order valence-electron chi connectivity index (χ4n) is 3.37. The molecule has 25 heavy (non-hydrogen) atoms. The summed E-state index contributed by atoms with van der Waals surface area (Å²) in [5, 5.41) is 13.4. The van der Waals surface area contributed by atoms with Gasteiger partial charge in [-0.05, 0) is 31.8 Å². The minimum atomic E-state index is -0.367. The van der Waals surface area contributed by atoms with E-state index in [0.29, 0.717) is 23.3 Å². The first-order valence-corrected chi connectivity index (χ1v) is 9.29. The molecule has 4 heterocycles. The topological polar surface area (TPSA) is 103 Å². The van der Waals surface area contributed by atoms with E-state index in [1.54, 1.807) is 28.6 Å². The molecule has 2 aromatic heterocycles. The number of amides is 2. The number of thiazole rings is 1. The molecule has 9 heteroatoms. The Labute approximate surface area is 149 Å². The molecule has 132 valence electrons. The van der Waals surface area contributed by atoms with Gasteiger partial charge in [-0.2, -0.15) is 5.10 Å². The molecule has 4 rings (SSSR count). The number of hydrogen-bond donors (Lipinski definition) is 3. The second-order valence-corrected chi connectivity index (χ2v) is 7.51. The molecule has 2 aliphatic heterocycles. The number of nitrogens with zero attached hydrogens (tertiary/aromatic N) is 3. The summed E-state index contributed by atoms with van der Waals surface area (Å²) < 4.78 is 0. The maximum Gasteiger partial charge on any atom is 0.231 e. The van der Waals surface area contributed by atoms with E-state index in [0.717, 1.165) is 25.9 Å². The third kappa shape index (κ3) is 3.42. The molecule has 0 bridgehead atoms. The lowest BCUT2D eigenvalue weighted by Gasteiger charge is -2.20. The van der Waals surface area contributed by atoms with Crippen LogP contribution in [0, 0.1) is 5.92 Å². The smallest absolute Gasteiger partial charge is 0.231 e. The molecule has 0 aliphatic carbocycles. The van der Waals surface area contributed by atoms with Gasteiger partial charge in [0, 0.05) is 30.2 Å². The summed E-state index contributed by atoms with van der Waals surface area (Å²) in [4.78, 5) is 31.8. The largest absolute Gasteiger partial charge is 0.317 e. The highest BCUT2D eigenvalue weighted by Crippen LogP contribution is 2.32. The van der Waals surface area contributed by atoms with Crippen LogP contribution in [0.4, 0.5) is 10.8 Å². The summed E-state index contributed by atoms with van der Waals surface area (Å²) in [6, 6.07) is 0. The van der Waals surface area contributed by atoms with Gasteiger partial charge in [0.2, 0.25) is 11.8 Å². The van der Waals surface area contributed by atoms with Gasteiger partial charge in [0.15, 0.2) is 5.13 Å². The van der Waals surface area contributed by atoms with Gasteiger partial charge in [0.1, 0.15) is 0 Å². The average molecular weight is 360 g/mol. The van der Waals surface area contributed by atoms with Gasteiger partial charge < -0.3 is 15.5 Å². The number of aromatic nitrogens is 3. The Morgan fingerprint density at radius 2 is 2.16 bits per heavy atom. The van der Waals surface area contributed by atoms with Crippen LogP contribution in [0.2, 0.25) is 0 Å². The number of carbonyl (C=O) groups excluding carboxylic acids is 2. The fraction of sp³-hybridized carbons (Fsp3) is 0.500. The number of rotatable bonds is 4. The zero-order chi connectivity index (χ0) is 17.2. The van der Waals surface area contributed by atoms with E-state index in [1.165, 1.54) is 4.88 Å². The molecule has 1 atom stereocenters. The van der Waals surface area contributed by atoms with E-state index < -0.39 is 0 Å². The number of hydrogen-bond acceptors (Lipinski definition) is 6. The van der Waals surface area contributed by atoms with Gasteiger partial charge in [-0.15, -0.1) is 11.3 Å². The maximum atomic E-state index is 12.5. The third-order valence-electron chi connectivity index (χ3n) is 4.79. The monoisotopic (exact) mass is 360 g/mol. The number of carbonyl (C=O) groups is 2. The summed E-state index contributed by atoms with van der Waals surface area (Å²) in [5.74, 6) is -0.0516. The van der Waals surface area contributed by atoms with Crippen LogP contribution in [-0.2, 0) is 9.59 Å². The van der Waals surface area contributed by atoms with Crippen LogP contribution >= 0.6 is 11.3 Å². The van der Waals surface area contributed by atoms with Crippen molar-refractivity contribution < 1.29 is 9.59 Å². The Kier molecular flexibility index (Phi) is 4.50. The number of H-pyrrole nitrogens is 1. The minimum absolute atomic E-state index is 0.0592. The quantitative estimate of drug-likeness (QED) is 0.763. The van der Waals surface area contributed by atoms with E-state index in [1.807, 2.05) is 6.20 Å². The molecule has 2 saturated heterocycles. The zero-order valence-corrected chi connectivity index (χ0v) is 14.5. The normalized spacial score (nSPS) is 21.7. The van der Waals surface area contributed by atoms with Crippen molar-refractivity contribution in [2.45, 2.75) is 25.2 Å². The molecule has 2 aromatic rings. The lowest BCUT2D eigenvalue weighted by atomic mass is 9.97. The average Bonchev–Trinajstić information content (AvgIpc) is 3.35. The highest BCUT2D eigenvalue weighted by molar-refractivity contribution is 7.15. The van der Waals surface area contributed by atoms with Crippen molar-refractivity contribution in [3.05, 3.63) is 23.5 Å². The van der Waals surface area contributed by atoms with Crippen LogP contribution in [0.5, 0.6) is 0 Å². The lowest BCUT2D eigenvalue weighted by molar-refractivity contribution is -0.122. The fourth-order valence-corrected chi connectivity index (χ4v) is 4.36. The van der Waals surface area contributed by atoms with E-state index in [2.05, 4.69) is 25.8 Å². The summed E-state index contributed by atoms with van der Waals surface area (Å²) in [6.07, 6.45) is 7.53. The summed E-state index contributed by atoms with van der Waals surface area (Å²) >= 11 is 1.54. The molecule has 8 nitrogen and oxygen atoms in total. The molecule has 3 N–H and O–H groups in total. The summed E-state index contributed by atoms with van der Waals surface area (Å²) in [5.41, 5.74) is 0.697. The van der Waals surface area contributed by atoms with Crippen LogP contribution in [-0.4, -0.2) is 46.6 Å². The standard InChI is InChI=1S/C16H20N6O2S/c23-14-5-11(9-22(14)12-6-19-20-7-12)15(24)21-16-18-8-13(25-16)10-1-3-17-4-2-10/h6-8,10-11,17H,1-5,9H2,(H,19,20)(H,18,21,24). The van der Waals surface area contributed by atoms with Crippen molar-refractivity contribution in [3.63, 3.8) is 0 Å². The zero-order valence-electron chi connectivity index (χ0n) is 13.7. The van der Waals surface area contributed by atoms with E-state index in [4.69, 9.17) is 0 Å². The van der Waals surface area contributed by atoms with Crippen molar-refractivity contribution in [2.24, 2.45) is 5.92 Å². The first-order valence-electron chi connectivity index (χ1n) is 8.47. The van der Waals surface area contributed by atoms with Crippen molar-refractivity contribution >= 4 is 34.0 Å². The number of aromatic amines is 1.